The van der Waals surface area contributed by atoms with Crippen LogP contribution in [0.2, 0.25) is 0 Å². The first-order valence-corrected chi connectivity index (χ1v) is 10.5. The zero-order valence-corrected chi connectivity index (χ0v) is 16.4. The molecular weight excluding hydrogens is 380 g/mol. The lowest BCUT2D eigenvalue weighted by Gasteiger charge is -2.33. The van der Waals surface area contributed by atoms with Gasteiger partial charge in [0, 0.05) is 26.2 Å². The van der Waals surface area contributed by atoms with Gasteiger partial charge in [0.1, 0.15) is 12.1 Å². The van der Waals surface area contributed by atoms with Crippen LogP contribution >= 0.6 is 0 Å². The topological polar surface area (TPSA) is 111 Å². The molecule has 1 amide bonds. The molecule has 1 aliphatic heterocycles. The van der Waals surface area contributed by atoms with Gasteiger partial charge in [-0.05, 0) is 31.2 Å². The summed E-state index contributed by atoms with van der Waals surface area (Å²) in [6.07, 6.45) is 1.60. The Hall–Kier alpha value is -2.67. The summed E-state index contributed by atoms with van der Waals surface area (Å²) in [5.74, 6) is 0.771. The molecule has 0 saturated carbocycles. The second kappa shape index (κ2) is 8.56. The summed E-state index contributed by atoms with van der Waals surface area (Å²) in [7, 11) is -3.76. The van der Waals surface area contributed by atoms with E-state index in [-0.39, 0.29) is 42.0 Å². The second-order valence-electron chi connectivity index (χ2n) is 6.64. The van der Waals surface area contributed by atoms with Crippen molar-refractivity contribution >= 4 is 15.9 Å². The van der Waals surface area contributed by atoms with E-state index in [1.54, 1.807) is 23.3 Å². The second-order valence-corrected chi connectivity index (χ2v) is 8.54. The van der Waals surface area contributed by atoms with Crippen molar-refractivity contribution in [3.63, 3.8) is 0 Å². The van der Waals surface area contributed by atoms with Gasteiger partial charge in [0.15, 0.2) is 12.3 Å². The average molecular weight is 403 g/mol. The van der Waals surface area contributed by atoms with Crippen molar-refractivity contribution in [2.45, 2.75) is 17.9 Å². The smallest absolute Gasteiger partial charge is 0.277 e. The molecule has 0 spiro atoms. The number of hydrogen-bond donors (Lipinski definition) is 1. The van der Waals surface area contributed by atoms with E-state index in [4.69, 9.17) is 4.42 Å². The van der Waals surface area contributed by atoms with Crippen LogP contribution in [0.5, 0.6) is 0 Å². The Labute approximate surface area is 164 Å². The van der Waals surface area contributed by atoms with E-state index in [0.29, 0.717) is 13.1 Å². The molecule has 148 valence electrons. The molecular formula is C19H23N4O4S+. The summed E-state index contributed by atoms with van der Waals surface area (Å²) in [6.45, 7) is 3.31. The standard InChI is InChI=1S/C19H22N4O4S/c1-15(17-6-4-12-27-17)21-14-19(24)22-8-10-23(11-9-22)28(25,26)18-7-3-2-5-16(18)13-20/h2-7,12,15,21H,8-11,14H2,1H3/p+1/t15-/m0/s1. The van der Waals surface area contributed by atoms with Crippen LogP contribution in [0, 0.1) is 11.3 Å². The number of piperazine rings is 1. The fraction of sp³-hybridized carbons (Fsp3) is 0.368. The van der Waals surface area contributed by atoms with Crippen molar-refractivity contribution in [3.8, 4) is 6.07 Å². The van der Waals surface area contributed by atoms with E-state index in [1.807, 2.05) is 30.4 Å². The van der Waals surface area contributed by atoms with E-state index in [0.717, 1.165) is 5.76 Å². The van der Waals surface area contributed by atoms with E-state index in [2.05, 4.69) is 0 Å². The molecule has 8 nitrogen and oxygen atoms in total. The number of rotatable bonds is 6. The van der Waals surface area contributed by atoms with Gasteiger partial charge in [0.25, 0.3) is 5.91 Å². The highest BCUT2D eigenvalue weighted by atomic mass is 32.2. The summed E-state index contributed by atoms with van der Waals surface area (Å²) >= 11 is 0. The average Bonchev–Trinajstić information content (AvgIpc) is 3.27. The van der Waals surface area contributed by atoms with Crippen LogP contribution in [0.3, 0.4) is 0 Å². The molecule has 1 aromatic heterocycles. The van der Waals surface area contributed by atoms with Gasteiger partial charge in [-0.3, -0.25) is 4.79 Å². The quantitative estimate of drug-likeness (QED) is 0.746. The van der Waals surface area contributed by atoms with Crippen LogP contribution < -0.4 is 5.32 Å². The molecule has 2 heterocycles. The summed E-state index contributed by atoms with van der Waals surface area (Å²) in [5.41, 5.74) is 0.127. The number of nitriles is 1. The van der Waals surface area contributed by atoms with E-state index in [9.17, 15) is 18.5 Å². The fourth-order valence-electron chi connectivity index (χ4n) is 3.17. The number of benzene rings is 1. The Balaban J connectivity index is 1.56. The molecule has 2 aromatic rings. The van der Waals surface area contributed by atoms with E-state index < -0.39 is 10.0 Å². The van der Waals surface area contributed by atoms with Gasteiger partial charge in [-0.2, -0.15) is 9.57 Å². The van der Waals surface area contributed by atoms with Crippen molar-refractivity contribution in [1.82, 2.24) is 9.21 Å². The number of carbonyl (C=O) groups excluding carboxylic acids is 1. The van der Waals surface area contributed by atoms with Crippen LogP contribution in [0.1, 0.15) is 24.3 Å². The van der Waals surface area contributed by atoms with Crippen LogP contribution in [0.15, 0.2) is 52.0 Å². The lowest BCUT2D eigenvalue weighted by Crippen LogP contribution is -2.87. The third-order valence-corrected chi connectivity index (χ3v) is 6.81. The minimum absolute atomic E-state index is 0.0119. The number of hydrogen-bond acceptors (Lipinski definition) is 5. The Bertz CT molecular complexity index is 958. The Kier molecular flexibility index (Phi) is 6.14. The number of carbonyl (C=O) groups is 1. The summed E-state index contributed by atoms with van der Waals surface area (Å²) in [6, 6.07) is 11.8. The Morgan fingerprint density at radius 1 is 1.21 bits per heavy atom. The summed E-state index contributed by atoms with van der Waals surface area (Å²) in [5, 5.41) is 11.1. The first kappa shape index (κ1) is 20.1. The van der Waals surface area contributed by atoms with Crippen molar-refractivity contribution in [2.24, 2.45) is 0 Å². The molecule has 28 heavy (non-hydrogen) atoms. The highest BCUT2D eigenvalue weighted by Gasteiger charge is 2.32. The largest absolute Gasteiger partial charge is 0.463 e. The SMILES string of the molecule is C[C@H]([NH2+]CC(=O)N1CCN(S(=O)(=O)c2ccccc2C#N)CC1)c1ccco1. The number of sulfonamides is 1. The maximum absolute atomic E-state index is 12.8. The number of amides is 1. The fourth-order valence-corrected chi connectivity index (χ4v) is 4.74. The molecule has 1 fully saturated rings. The highest BCUT2D eigenvalue weighted by Crippen LogP contribution is 2.21. The van der Waals surface area contributed by atoms with Crippen LogP contribution in [0.4, 0.5) is 0 Å². The molecule has 2 N–H and O–H groups in total. The minimum atomic E-state index is -3.76. The molecule has 3 rings (SSSR count). The van der Waals surface area contributed by atoms with Gasteiger partial charge in [0.05, 0.1) is 16.7 Å². The maximum atomic E-state index is 12.8. The van der Waals surface area contributed by atoms with Crippen molar-refractivity contribution in [1.29, 1.82) is 5.26 Å². The number of nitrogens with two attached hydrogens (primary N) is 1. The maximum Gasteiger partial charge on any atom is 0.277 e. The van der Waals surface area contributed by atoms with Crippen molar-refractivity contribution < 1.29 is 22.9 Å². The monoisotopic (exact) mass is 403 g/mol. The normalized spacial score (nSPS) is 16.5. The van der Waals surface area contributed by atoms with Gasteiger partial charge in [-0.1, -0.05) is 12.1 Å². The first-order chi connectivity index (χ1) is 13.4. The molecule has 0 aliphatic carbocycles. The molecule has 9 heteroatoms. The molecule has 0 unspecified atom stereocenters. The Morgan fingerprint density at radius 3 is 2.57 bits per heavy atom. The zero-order valence-electron chi connectivity index (χ0n) is 15.6. The molecule has 1 aliphatic rings. The third-order valence-electron chi connectivity index (χ3n) is 4.85. The van der Waals surface area contributed by atoms with Gasteiger partial charge < -0.3 is 14.6 Å². The number of furan rings is 1. The lowest BCUT2D eigenvalue weighted by atomic mass is 10.2. The van der Waals surface area contributed by atoms with Crippen LogP contribution in [0.25, 0.3) is 0 Å². The predicted octanol–water partition coefficient (Wildman–Crippen LogP) is 0.309. The molecule has 1 aromatic carbocycles. The molecule has 1 atom stereocenters. The van der Waals surface area contributed by atoms with Crippen molar-refractivity contribution in [2.75, 3.05) is 32.7 Å². The zero-order chi connectivity index (χ0) is 20.1. The Morgan fingerprint density at radius 2 is 1.93 bits per heavy atom. The molecule has 1 saturated heterocycles. The summed E-state index contributed by atoms with van der Waals surface area (Å²) < 4.78 is 32.4. The summed E-state index contributed by atoms with van der Waals surface area (Å²) in [4.78, 5) is 14.1. The van der Waals surface area contributed by atoms with Gasteiger partial charge in [0.2, 0.25) is 10.0 Å². The highest BCUT2D eigenvalue weighted by molar-refractivity contribution is 7.89. The van der Waals surface area contributed by atoms with Crippen LogP contribution in [-0.4, -0.2) is 56.3 Å². The number of quaternary nitrogens is 1. The van der Waals surface area contributed by atoms with Crippen LogP contribution in [-0.2, 0) is 14.8 Å². The van der Waals surface area contributed by atoms with Crippen molar-refractivity contribution in [3.05, 3.63) is 54.0 Å². The van der Waals surface area contributed by atoms with Gasteiger partial charge in [-0.15, -0.1) is 0 Å². The number of nitrogens with zero attached hydrogens (tertiary/aromatic N) is 3. The predicted molar refractivity (Wildman–Crippen MR) is 100 cm³/mol. The van der Waals surface area contributed by atoms with E-state index in [1.165, 1.54) is 16.4 Å². The molecule has 0 bridgehead atoms. The third kappa shape index (κ3) is 4.25. The minimum Gasteiger partial charge on any atom is -0.463 e. The van der Waals surface area contributed by atoms with Gasteiger partial charge in [-0.25, -0.2) is 8.42 Å². The first-order valence-electron chi connectivity index (χ1n) is 9.07. The molecule has 0 radical (unpaired) electrons. The lowest BCUT2D eigenvalue weighted by molar-refractivity contribution is -0.685. The van der Waals surface area contributed by atoms with Gasteiger partial charge >= 0.3 is 0 Å². The van der Waals surface area contributed by atoms with E-state index >= 15 is 0 Å².